The van der Waals surface area contributed by atoms with Gasteiger partial charge in [-0.25, -0.2) is 0 Å². The number of benzene rings is 1. The zero-order chi connectivity index (χ0) is 8.97. The Kier molecular flexibility index (Phi) is 3.76. The third-order valence-electron chi connectivity index (χ3n) is 1.77. The molecule has 1 nitrogen and oxygen atoms in total. The molecule has 0 radical (unpaired) electrons. The molecule has 0 atom stereocenters. The fourth-order valence-corrected chi connectivity index (χ4v) is 1.42. The largest absolute Gasteiger partial charge is 0.377 e. The number of aryl methyl sites for hydroxylation is 1. The SMILES string of the molecule is CCOCc1cc(Br)ccc1C. The summed E-state index contributed by atoms with van der Waals surface area (Å²) in [5, 5.41) is 0. The van der Waals surface area contributed by atoms with Gasteiger partial charge in [-0.05, 0) is 37.1 Å². The molecular formula is C10H13BrO. The maximum Gasteiger partial charge on any atom is 0.0719 e. The van der Waals surface area contributed by atoms with Gasteiger partial charge in [0.15, 0.2) is 0 Å². The van der Waals surface area contributed by atoms with E-state index in [1.807, 2.05) is 13.0 Å². The molecule has 2 heteroatoms. The Hall–Kier alpha value is -0.340. The van der Waals surface area contributed by atoms with Crippen molar-refractivity contribution < 1.29 is 4.74 Å². The third kappa shape index (κ3) is 2.61. The van der Waals surface area contributed by atoms with Crippen LogP contribution in [0.3, 0.4) is 0 Å². The minimum absolute atomic E-state index is 0.710. The average molecular weight is 229 g/mol. The molecule has 0 aliphatic carbocycles. The van der Waals surface area contributed by atoms with Gasteiger partial charge in [-0.1, -0.05) is 22.0 Å². The van der Waals surface area contributed by atoms with E-state index in [-0.39, 0.29) is 0 Å². The van der Waals surface area contributed by atoms with Gasteiger partial charge >= 0.3 is 0 Å². The van der Waals surface area contributed by atoms with Crippen LogP contribution in [-0.4, -0.2) is 6.61 Å². The molecule has 0 saturated heterocycles. The van der Waals surface area contributed by atoms with Crippen molar-refractivity contribution in [2.24, 2.45) is 0 Å². The standard InChI is InChI=1S/C10H13BrO/c1-3-12-7-9-6-10(11)5-4-8(9)2/h4-6H,3,7H2,1-2H3. The number of ether oxygens (including phenoxy) is 1. The molecule has 0 bridgehead atoms. The molecule has 0 N–H and O–H groups in total. The molecule has 0 amide bonds. The fourth-order valence-electron chi connectivity index (χ4n) is 1.01. The number of halogens is 1. The average Bonchev–Trinajstić information content (AvgIpc) is 2.07. The van der Waals surface area contributed by atoms with Gasteiger partial charge in [-0.3, -0.25) is 0 Å². The first-order valence-corrected chi connectivity index (χ1v) is 4.86. The van der Waals surface area contributed by atoms with E-state index >= 15 is 0 Å². The van der Waals surface area contributed by atoms with Gasteiger partial charge in [0.05, 0.1) is 6.61 Å². The Bertz CT molecular complexity index is 258. The monoisotopic (exact) mass is 228 g/mol. The van der Waals surface area contributed by atoms with Crippen molar-refractivity contribution in [2.75, 3.05) is 6.61 Å². The molecule has 0 fully saturated rings. The summed E-state index contributed by atoms with van der Waals surface area (Å²) in [4.78, 5) is 0. The maximum absolute atomic E-state index is 5.33. The minimum atomic E-state index is 0.710. The molecule has 1 aromatic rings. The van der Waals surface area contributed by atoms with Gasteiger partial charge in [-0.15, -0.1) is 0 Å². The van der Waals surface area contributed by atoms with Crippen molar-refractivity contribution in [3.63, 3.8) is 0 Å². The maximum atomic E-state index is 5.33. The van der Waals surface area contributed by atoms with E-state index in [0.717, 1.165) is 11.1 Å². The molecule has 1 rings (SSSR count). The first kappa shape index (κ1) is 9.75. The second-order valence-corrected chi connectivity index (χ2v) is 3.62. The Morgan fingerprint density at radius 1 is 1.42 bits per heavy atom. The van der Waals surface area contributed by atoms with E-state index in [2.05, 4.69) is 35.0 Å². The van der Waals surface area contributed by atoms with Crippen molar-refractivity contribution in [1.29, 1.82) is 0 Å². The minimum Gasteiger partial charge on any atom is -0.377 e. The van der Waals surface area contributed by atoms with Crippen molar-refractivity contribution in [3.8, 4) is 0 Å². The molecule has 66 valence electrons. The molecule has 0 heterocycles. The van der Waals surface area contributed by atoms with E-state index in [1.54, 1.807) is 0 Å². The number of hydrogen-bond donors (Lipinski definition) is 0. The number of rotatable bonds is 3. The van der Waals surface area contributed by atoms with Crippen LogP contribution in [0.4, 0.5) is 0 Å². The second-order valence-electron chi connectivity index (χ2n) is 2.71. The summed E-state index contributed by atoms with van der Waals surface area (Å²) < 4.78 is 6.45. The van der Waals surface area contributed by atoms with E-state index in [9.17, 15) is 0 Å². The van der Waals surface area contributed by atoms with E-state index in [0.29, 0.717) is 6.61 Å². The van der Waals surface area contributed by atoms with Gasteiger partial charge in [0.1, 0.15) is 0 Å². The predicted molar refractivity (Wildman–Crippen MR) is 54.2 cm³/mol. The topological polar surface area (TPSA) is 9.23 Å². The van der Waals surface area contributed by atoms with Crippen LogP contribution in [0.5, 0.6) is 0 Å². The smallest absolute Gasteiger partial charge is 0.0719 e. The second kappa shape index (κ2) is 4.63. The molecule has 0 aromatic heterocycles. The normalized spacial score (nSPS) is 10.2. The van der Waals surface area contributed by atoms with Gasteiger partial charge in [0.2, 0.25) is 0 Å². The van der Waals surface area contributed by atoms with Crippen LogP contribution in [0, 0.1) is 6.92 Å². The highest BCUT2D eigenvalue weighted by molar-refractivity contribution is 9.10. The van der Waals surface area contributed by atoms with Crippen LogP contribution in [0.2, 0.25) is 0 Å². The Labute approximate surface area is 81.9 Å². The van der Waals surface area contributed by atoms with Crippen molar-refractivity contribution >= 4 is 15.9 Å². The summed E-state index contributed by atoms with van der Waals surface area (Å²) in [6.45, 7) is 5.59. The Balaban J connectivity index is 2.75. The highest BCUT2D eigenvalue weighted by atomic mass is 79.9. The lowest BCUT2D eigenvalue weighted by Gasteiger charge is -2.05. The summed E-state index contributed by atoms with van der Waals surface area (Å²) in [6.07, 6.45) is 0. The predicted octanol–water partition coefficient (Wildman–Crippen LogP) is 3.29. The van der Waals surface area contributed by atoms with Gasteiger partial charge in [0.25, 0.3) is 0 Å². The van der Waals surface area contributed by atoms with Crippen molar-refractivity contribution in [2.45, 2.75) is 20.5 Å². The van der Waals surface area contributed by atoms with Crippen LogP contribution < -0.4 is 0 Å². The van der Waals surface area contributed by atoms with Gasteiger partial charge < -0.3 is 4.74 Å². The first-order chi connectivity index (χ1) is 5.74. The molecular weight excluding hydrogens is 216 g/mol. The molecule has 0 unspecified atom stereocenters. The van der Waals surface area contributed by atoms with Crippen LogP contribution in [0.25, 0.3) is 0 Å². The molecule has 0 aliphatic heterocycles. The van der Waals surface area contributed by atoms with Crippen molar-refractivity contribution in [1.82, 2.24) is 0 Å². The first-order valence-electron chi connectivity index (χ1n) is 4.07. The molecule has 0 saturated carbocycles. The number of hydrogen-bond acceptors (Lipinski definition) is 1. The zero-order valence-corrected chi connectivity index (χ0v) is 9.02. The Morgan fingerprint density at radius 3 is 2.83 bits per heavy atom. The highest BCUT2D eigenvalue weighted by Crippen LogP contribution is 2.16. The molecule has 0 aliphatic rings. The summed E-state index contributed by atoms with van der Waals surface area (Å²) in [5.74, 6) is 0. The molecule has 12 heavy (non-hydrogen) atoms. The summed E-state index contributed by atoms with van der Waals surface area (Å²) in [6, 6.07) is 6.24. The van der Waals surface area contributed by atoms with E-state index in [4.69, 9.17) is 4.74 Å². The molecule has 1 aromatic carbocycles. The van der Waals surface area contributed by atoms with Crippen molar-refractivity contribution in [3.05, 3.63) is 33.8 Å². The highest BCUT2D eigenvalue weighted by Gasteiger charge is 1.97. The lowest BCUT2D eigenvalue weighted by atomic mass is 10.1. The zero-order valence-electron chi connectivity index (χ0n) is 7.43. The van der Waals surface area contributed by atoms with E-state index in [1.165, 1.54) is 11.1 Å². The lowest BCUT2D eigenvalue weighted by molar-refractivity contribution is 0.133. The third-order valence-corrected chi connectivity index (χ3v) is 2.27. The molecule has 0 spiro atoms. The van der Waals surface area contributed by atoms with E-state index < -0.39 is 0 Å². The summed E-state index contributed by atoms with van der Waals surface area (Å²) >= 11 is 3.43. The summed E-state index contributed by atoms with van der Waals surface area (Å²) in [5.41, 5.74) is 2.54. The lowest BCUT2D eigenvalue weighted by Crippen LogP contribution is -1.94. The van der Waals surface area contributed by atoms with Crippen LogP contribution in [-0.2, 0) is 11.3 Å². The van der Waals surface area contributed by atoms with Gasteiger partial charge in [0, 0.05) is 11.1 Å². The van der Waals surface area contributed by atoms with Crippen LogP contribution in [0.15, 0.2) is 22.7 Å². The fraction of sp³-hybridized carbons (Fsp3) is 0.400. The van der Waals surface area contributed by atoms with Gasteiger partial charge in [-0.2, -0.15) is 0 Å². The van der Waals surface area contributed by atoms with Crippen LogP contribution in [0.1, 0.15) is 18.1 Å². The quantitative estimate of drug-likeness (QED) is 0.772. The van der Waals surface area contributed by atoms with Crippen LogP contribution >= 0.6 is 15.9 Å². The summed E-state index contributed by atoms with van der Waals surface area (Å²) in [7, 11) is 0. The Morgan fingerprint density at radius 2 is 2.17 bits per heavy atom.